The molecule has 0 amide bonds. The number of hydrogen-bond acceptors (Lipinski definition) is 8. The largest absolute Gasteiger partial charge is 0.394 e. The van der Waals surface area contributed by atoms with Crippen LogP contribution < -0.4 is 11.4 Å². The van der Waals surface area contributed by atoms with Gasteiger partial charge in [-0.25, -0.2) is 9.20 Å². The Morgan fingerprint density at radius 2 is 2.05 bits per heavy atom. The van der Waals surface area contributed by atoms with Crippen LogP contribution in [0.15, 0.2) is 17.2 Å². The van der Waals surface area contributed by atoms with E-state index < -0.39 is 36.8 Å². The van der Waals surface area contributed by atoms with Crippen molar-refractivity contribution in [1.29, 1.82) is 0 Å². The van der Waals surface area contributed by atoms with Crippen LogP contribution in [0, 0.1) is 0 Å². The van der Waals surface area contributed by atoms with Crippen molar-refractivity contribution in [1.82, 2.24) is 18.9 Å². The molecule has 5 N–H and O–H groups in total. The fraction of sp³-hybridized carbons (Fsp3) is 0.500. The molecule has 10 nitrogen and oxygen atoms in total. The fourth-order valence-corrected chi connectivity index (χ4v) is 2.24. The Balaban J connectivity index is 2.09. The molecule has 0 bridgehead atoms. The van der Waals surface area contributed by atoms with Crippen molar-refractivity contribution in [3.63, 3.8) is 0 Å². The lowest BCUT2D eigenvalue weighted by Crippen LogP contribution is -2.33. The summed E-state index contributed by atoms with van der Waals surface area (Å²) in [4.78, 5) is 19.0. The average molecular weight is 283 g/mol. The summed E-state index contributed by atoms with van der Waals surface area (Å²) in [6.07, 6.45) is -1.56. The van der Waals surface area contributed by atoms with E-state index in [-0.39, 0.29) is 11.7 Å². The van der Waals surface area contributed by atoms with Gasteiger partial charge in [0.1, 0.15) is 18.3 Å². The molecule has 20 heavy (non-hydrogen) atoms. The topological polar surface area (TPSA) is 148 Å². The first kappa shape index (κ1) is 13.0. The van der Waals surface area contributed by atoms with Gasteiger partial charge in [-0.05, 0) is 0 Å². The first-order chi connectivity index (χ1) is 9.52. The van der Waals surface area contributed by atoms with E-state index in [4.69, 9.17) is 15.6 Å². The van der Waals surface area contributed by atoms with Crippen LogP contribution in [0.5, 0.6) is 0 Å². The molecule has 1 aliphatic heterocycles. The van der Waals surface area contributed by atoms with Gasteiger partial charge in [0.05, 0.1) is 6.61 Å². The minimum atomic E-state index is -1.27. The van der Waals surface area contributed by atoms with Crippen LogP contribution in [0.3, 0.4) is 0 Å². The highest BCUT2D eigenvalue weighted by atomic mass is 16.6. The van der Waals surface area contributed by atoms with E-state index >= 15 is 0 Å². The van der Waals surface area contributed by atoms with Gasteiger partial charge in [-0.2, -0.15) is 9.97 Å². The molecule has 0 saturated carbocycles. The van der Waals surface area contributed by atoms with Crippen LogP contribution in [0.4, 0.5) is 5.95 Å². The van der Waals surface area contributed by atoms with Gasteiger partial charge in [-0.1, -0.05) is 0 Å². The molecule has 0 aliphatic carbocycles. The van der Waals surface area contributed by atoms with E-state index in [1.54, 1.807) is 0 Å². The van der Waals surface area contributed by atoms with Gasteiger partial charge in [0.2, 0.25) is 11.7 Å². The number of ether oxygens (including phenoxy) is 1. The molecule has 1 fully saturated rings. The predicted molar refractivity (Wildman–Crippen MR) is 64.7 cm³/mol. The highest BCUT2D eigenvalue weighted by Crippen LogP contribution is 2.30. The van der Waals surface area contributed by atoms with Crippen molar-refractivity contribution >= 4 is 11.7 Å². The SMILES string of the molecule is Nc1nc(=O)n2ccn([C@@H]3O[C@H](CO)[C@@H](O)[C@H]3O)c2n1. The molecule has 0 unspecified atom stereocenters. The van der Waals surface area contributed by atoms with Gasteiger partial charge >= 0.3 is 5.69 Å². The lowest BCUT2D eigenvalue weighted by molar-refractivity contribution is -0.0510. The molecule has 3 rings (SSSR count). The normalized spacial score (nSPS) is 30.1. The summed E-state index contributed by atoms with van der Waals surface area (Å²) in [5.74, 6) is -0.0842. The third-order valence-electron chi connectivity index (χ3n) is 3.24. The molecule has 1 aliphatic rings. The molecule has 4 atom stereocenters. The predicted octanol–water partition coefficient (Wildman–Crippen LogP) is -2.92. The summed E-state index contributed by atoms with van der Waals surface area (Å²) in [6.45, 7) is -0.439. The number of aromatic nitrogens is 4. The van der Waals surface area contributed by atoms with Crippen LogP contribution in [0.25, 0.3) is 5.78 Å². The van der Waals surface area contributed by atoms with Crippen molar-refractivity contribution in [3.05, 3.63) is 22.9 Å². The third kappa shape index (κ3) is 1.78. The average Bonchev–Trinajstić information content (AvgIpc) is 2.93. The second-order valence-electron chi connectivity index (χ2n) is 4.47. The van der Waals surface area contributed by atoms with Crippen molar-refractivity contribution in [2.24, 2.45) is 0 Å². The summed E-state index contributed by atoms with van der Waals surface area (Å²) < 4.78 is 7.84. The number of nitrogens with zero attached hydrogens (tertiary/aromatic N) is 4. The molecule has 0 aromatic carbocycles. The van der Waals surface area contributed by atoms with Crippen LogP contribution in [-0.2, 0) is 4.74 Å². The van der Waals surface area contributed by atoms with Crippen molar-refractivity contribution in [3.8, 4) is 0 Å². The van der Waals surface area contributed by atoms with Gasteiger partial charge in [-0.3, -0.25) is 4.57 Å². The number of fused-ring (bicyclic) bond motifs is 1. The Morgan fingerprint density at radius 3 is 2.70 bits per heavy atom. The molecule has 3 heterocycles. The van der Waals surface area contributed by atoms with Crippen molar-refractivity contribution < 1.29 is 20.1 Å². The summed E-state index contributed by atoms with van der Waals surface area (Å²) in [6, 6.07) is 0. The Morgan fingerprint density at radius 1 is 1.30 bits per heavy atom. The van der Waals surface area contributed by atoms with E-state index in [1.165, 1.54) is 17.0 Å². The van der Waals surface area contributed by atoms with E-state index in [0.717, 1.165) is 4.40 Å². The monoisotopic (exact) mass is 283 g/mol. The number of anilines is 1. The van der Waals surface area contributed by atoms with E-state index in [2.05, 4.69) is 9.97 Å². The summed E-state index contributed by atoms with van der Waals surface area (Å²) >= 11 is 0. The second-order valence-corrected chi connectivity index (χ2v) is 4.47. The van der Waals surface area contributed by atoms with E-state index in [1.807, 2.05) is 0 Å². The second kappa shape index (κ2) is 4.52. The lowest BCUT2D eigenvalue weighted by Gasteiger charge is -2.16. The Hall–Kier alpha value is -2.01. The number of hydrogen-bond donors (Lipinski definition) is 4. The molecule has 0 radical (unpaired) electrons. The van der Waals surface area contributed by atoms with Crippen molar-refractivity contribution in [2.75, 3.05) is 12.3 Å². The van der Waals surface area contributed by atoms with E-state index in [9.17, 15) is 15.0 Å². The minimum absolute atomic E-state index is 0.123. The number of imidazole rings is 1. The number of nitrogen functional groups attached to an aromatic ring is 1. The number of nitrogens with two attached hydrogens (primary N) is 1. The number of aliphatic hydroxyl groups is 3. The molecule has 1 saturated heterocycles. The van der Waals surface area contributed by atoms with Crippen LogP contribution in [0.1, 0.15) is 6.23 Å². The zero-order valence-corrected chi connectivity index (χ0v) is 10.2. The summed E-state index contributed by atoms with van der Waals surface area (Å²) in [7, 11) is 0. The zero-order valence-electron chi connectivity index (χ0n) is 10.2. The van der Waals surface area contributed by atoms with E-state index in [0.29, 0.717) is 0 Å². The minimum Gasteiger partial charge on any atom is -0.394 e. The third-order valence-corrected chi connectivity index (χ3v) is 3.24. The van der Waals surface area contributed by atoms with Gasteiger partial charge in [0.25, 0.3) is 0 Å². The van der Waals surface area contributed by atoms with Crippen molar-refractivity contribution in [2.45, 2.75) is 24.5 Å². The summed E-state index contributed by atoms with van der Waals surface area (Å²) in [5, 5.41) is 28.8. The molecular formula is C10H13N5O5. The number of aliphatic hydroxyl groups excluding tert-OH is 3. The van der Waals surface area contributed by atoms with Gasteiger partial charge in [-0.15, -0.1) is 0 Å². The Kier molecular flexibility index (Phi) is 2.94. The highest BCUT2D eigenvalue weighted by Gasteiger charge is 2.43. The van der Waals surface area contributed by atoms with Gasteiger partial charge in [0.15, 0.2) is 6.23 Å². The fourth-order valence-electron chi connectivity index (χ4n) is 2.24. The highest BCUT2D eigenvalue weighted by molar-refractivity contribution is 5.35. The first-order valence-electron chi connectivity index (χ1n) is 5.88. The molecule has 2 aromatic rings. The number of rotatable bonds is 2. The molecule has 108 valence electrons. The van der Waals surface area contributed by atoms with Crippen LogP contribution in [-0.4, -0.2) is 59.2 Å². The smallest absolute Gasteiger partial charge is 0.357 e. The van der Waals surface area contributed by atoms with Crippen LogP contribution in [0.2, 0.25) is 0 Å². The van der Waals surface area contributed by atoms with Crippen LogP contribution >= 0.6 is 0 Å². The zero-order chi connectivity index (χ0) is 14.4. The Bertz CT molecular complexity index is 697. The molecule has 2 aromatic heterocycles. The first-order valence-corrected chi connectivity index (χ1v) is 5.88. The quantitative estimate of drug-likeness (QED) is 0.458. The Labute approximate surface area is 111 Å². The maximum Gasteiger partial charge on any atom is 0.357 e. The van der Waals surface area contributed by atoms with Gasteiger partial charge in [0, 0.05) is 12.4 Å². The standard InChI is InChI=1S/C10H13N5O5/c11-8-12-9-14(1-2-15(9)10(19)13-8)7-6(18)5(17)4(3-16)20-7/h1-2,4-7,16-18H,3H2,(H2,11,13,19)/t4-,5-,6-,7-/m1/s1. The maximum atomic E-state index is 11.6. The molecule has 0 spiro atoms. The summed E-state index contributed by atoms with van der Waals surface area (Å²) in [5.41, 5.74) is 4.81. The lowest BCUT2D eigenvalue weighted by atomic mass is 10.1. The molecule has 10 heteroatoms. The molecular weight excluding hydrogens is 270 g/mol. The van der Waals surface area contributed by atoms with Gasteiger partial charge < -0.3 is 25.8 Å². The maximum absolute atomic E-state index is 11.6.